The van der Waals surface area contributed by atoms with E-state index >= 15 is 4.39 Å². The van der Waals surface area contributed by atoms with Gasteiger partial charge < -0.3 is 14.4 Å². The van der Waals surface area contributed by atoms with Gasteiger partial charge in [-0.15, -0.1) is 0 Å². The number of aromatic nitrogens is 4. The van der Waals surface area contributed by atoms with Crippen LogP contribution in [0.5, 0.6) is 5.75 Å². The van der Waals surface area contributed by atoms with Crippen molar-refractivity contribution in [3.8, 4) is 16.9 Å². The zero-order valence-corrected chi connectivity index (χ0v) is 19.9. The highest BCUT2D eigenvalue weighted by Crippen LogP contribution is 2.43. The van der Waals surface area contributed by atoms with Gasteiger partial charge in [-0.1, -0.05) is 22.0 Å². The van der Waals surface area contributed by atoms with Crippen molar-refractivity contribution in [2.24, 2.45) is 0 Å². The molecule has 1 aliphatic heterocycles. The molecular weight excluding hydrogens is 513 g/mol. The fraction of sp³-hybridized carbons (Fsp3) is 0.292. The fourth-order valence-electron chi connectivity index (χ4n) is 4.40. The van der Waals surface area contributed by atoms with Crippen LogP contribution in [0.2, 0.25) is 0 Å². The van der Waals surface area contributed by atoms with Crippen LogP contribution < -0.4 is 4.74 Å². The molecule has 4 aromatic rings. The van der Waals surface area contributed by atoms with Gasteiger partial charge in [0.2, 0.25) is 0 Å². The number of hydrogen-bond acceptors (Lipinski definition) is 5. The quantitative estimate of drug-likeness (QED) is 0.353. The molecule has 0 radical (unpaired) electrons. The topological polar surface area (TPSA) is 73.1 Å². The average molecular weight is 533 g/mol. The van der Waals surface area contributed by atoms with Gasteiger partial charge in [-0.05, 0) is 38.5 Å². The third-order valence-corrected chi connectivity index (χ3v) is 6.57. The number of ether oxygens (including phenoxy) is 1. The van der Waals surface area contributed by atoms with Crippen LogP contribution in [-0.4, -0.2) is 31.2 Å². The molecule has 176 valence electrons. The van der Waals surface area contributed by atoms with Gasteiger partial charge >= 0.3 is 6.61 Å². The molecule has 1 aliphatic rings. The summed E-state index contributed by atoms with van der Waals surface area (Å²) in [7, 11) is 0. The van der Waals surface area contributed by atoms with Gasteiger partial charge in [0.1, 0.15) is 23.0 Å². The van der Waals surface area contributed by atoms with E-state index in [4.69, 9.17) is 4.74 Å². The molecule has 34 heavy (non-hydrogen) atoms. The summed E-state index contributed by atoms with van der Waals surface area (Å²) in [5.41, 5.74) is 1.23. The molecule has 5 rings (SSSR count). The second-order valence-corrected chi connectivity index (χ2v) is 9.51. The number of alkyl halides is 2. The lowest BCUT2D eigenvalue weighted by atomic mass is 10.0. The molecule has 0 fully saturated rings. The Balaban J connectivity index is 1.63. The van der Waals surface area contributed by atoms with Crippen LogP contribution in [0.15, 0.2) is 47.2 Å². The number of fused-ring (bicyclic) bond motifs is 3. The third-order valence-electron chi connectivity index (χ3n) is 5.88. The fourth-order valence-corrected chi connectivity index (χ4v) is 5.01. The molecule has 1 atom stereocenters. The number of aryl methyl sites for hydroxylation is 1. The van der Waals surface area contributed by atoms with Crippen LogP contribution in [0.25, 0.3) is 22.2 Å². The number of rotatable bonds is 5. The van der Waals surface area contributed by atoms with Gasteiger partial charge in [0, 0.05) is 46.0 Å². The predicted octanol–water partition coefficient (Wildman–Crippen LogP) is 5.76. The number of hydrogen-bond donors (Lipinski definition) is 1. The predicted molar refractivity (Wildman–Crippen MR) is 123 cm³/mol. The van der Waals surface area contributed by atoms with Crippen molar-refractivity contribution in [2.75, 3.05) is 0 Å². The maximum atomic E-state index is 15.0. The maximum Gasteiger partial charge on any atom is 0.387 e. The molecule has 0 bridgehead atoms. The number of aliphatic hydroxyl groups is 1. The van der Waals surface area contributed by atoms with Gasteiger partial charge in [0.15, 0.2) is 5.82 Å². The van der Waals surface area contributed by atoms with Crippen molar-refractivity contribution in [2.45, 2.75) is 44.9 Å². The molecule has 0 amide bonds. The highest BCUT2D eigenvalue weighted by atomic mass is 79.9. The van der Waals surface area contributed by atoms with Gasteiger partial charge in [-0.25, -0.2) is 19.3 Å². The molecule has 0 aliphatic carbocycles. The summed E-state index contributed by atoms with van der Waals surface area (Å²) in [6, 6.07) is 7.63. The Morgan fingerprint density at radius 3 is 2.62 bits per heavy atom. The van der Waals surface area contributed by atoms with E-state index in [0.717, 1.165) is 5.82 Å². The summed E-state index contributed by atoms with van der Waals surface area (Å²) in [5, 5.41) is 10.1. The largest absolute Gasteiger partial charge is 0.434 e. The monoisotopic (exact) mass is 532 g/mol. The van der Waals surface area contributed by atoms with E-state index in [1.807, 2.05) is 4.57 Å². The minimum Gasteiger partial charge on any atom is -0.434 e. The summed E-state index contributed by atoms with van der Waals surface area (Å²) in [6.07, 6.45) is 4.17. The summed E-state index contributed by atoms with van der Waals surface area (Å²) in [5.74, 6) is 0.567. The van der Waals surface area contributed by atoms with Crippen LogP contribution in [0.1, 0.15) is 43.5 Å². The lowest BCUT2D eigenvalue weighted by Crippen LogP contribution is -2.19. The van der Waals surface area contributed by atoms with Gasteiger partial charge in [0.05, 0.1) is 17.1 Å². The van der Waals surface area contributed by atoms with E-state index in [9.17, 15) is 13.9 Å². The molecule has 0 spiro atoms. The highest BCUT2D eigenvalue weighted by Gasteiger charge is 2.32. The first-order valence-electron chi connectivity index (χ1n) is 10.6. The number of halogens is 4. The molecule has 2 aromatic carbocycles. The maximum absolute atomic E-state index is 15.0. The molecule has 3 heterocycles. The van der Waals surface area contributed by atoms with Crippen LogP contribution in [0.3, 0.4) is 0 Å². The first-order valence-corrected chi connectivity index (χ1v) is 11.4. The third kappa shape index (κ3) is 3.94. The van der Waals surface area contributed by atoms with Crippen molar-refractivity contribution in [3.05, 3.63) is 70.2 Å². The Kier molecular flexibility index (Phi) is 5.60. The van der Waals surface area contributed by atoms with E-state index in [0.29, 0.717) is 39.5 Å². The Morgan fingerprint density at radius 2 is 1.94 bits per heavy atom. The highest BCUT2D eigenvalue weighted by molar-refractivity contribution is 9.10. The SMILES string of the molecule is CC(C)(O)c1ncc(-c2cc3c(cc2F)nc2n3[C@@H](c3c(Br)cccc3OC(F)F)CC2)cn1. The molecule has 6 nitrogen and oxygen atoms in total. The van der Waals surface area contributed by atoms with E-state index < -0.39 is 18.0 Å². The zero-order chi connectivity index (χ0) is 24.2. The van der Waals surface area contributed by atoms with E-state index in [1.165, 1.54) is 24.5 Å². The summed E-state index contributed by atoms with van der Waals surface area (Å²) >= 11 is 3.48. The zero-order valence-electron chi connectivity index (χ0n) is 18.3. The minimum absolute atomic E-state index is 0.0852. The minimum atomic E-state index is -2.96. The first-order chi connectivity index (χ1) is 16.1. The number of nitrogens with zero attached hydrogens (tertiary/aromatic N) is 4. The van der Waals surface area contributed by atoms with Crippen molar-refractivity contribution in [1.29, 1.82) is 0 Å². The smallest absolute Gasteiger partial charge is 0.387 e. The van der Waals surface area contributed by atoms with Crippen molar-refractivity contribution < 1.29 is 23.0 Å². The lowest BCUT2D eigenvalue weighted by molar-refractivity contribution is -0.0507. The molecule has 0 unspecified atom stereocenters. The second-order valence-electron chi connectivity index (χ2n) is 8.66. The van der Waals surface area contributed by atoms with Gasteiger partial charge in [0.25, 0.3) is 0 Å². The van der Waals surface area contributed by atoms with E-state index in [-0.39, 0.29) is 23.2 Å². The van der Waals surface area contributed by atoms with Gasteiger partial charge in [-0.2, -0.15) is 8.78 Å². The van der Waals surface area contributed by atoms with Crippen molar-refractivity contribution in [3.63, 3.8) is 0 Å². The molecule has 0 saturated heterocycles. The number of imidazole rings is 1. The van der Waals surface area contributed by atoms with Crippen LogP contribution >= 0.6 is 15.9 Å². The summed E-state index contributed by atoms with van der Waals surface area (Å²) < 4.78 is 48.6. The molecule has 10 heteroatoms. The van der Waals surface area contributed by atoms with Crippen molar-refractivity contribution >= 4 is 27.0 Å². The van der Waals surface area contributed by atoms with Crippen molar-refractivity contribution in [1.82, 2.24) is 19.5 Å². The van der Waals surface area contributed by atoms with Crippen LogP contribution in [0, 0.1) is 5.82 Å². The molecule has 1 N–H and O–H groups in total. The average Bonchev–Trinajstić information content (AvgIpc) is 3.31. The number of benzene rings is 2. The summed E-state index contributed by atoms with van der Waals surface area (Å²) in [6.45, 7) is 0.178. The Hall–Kier alpha value is -2.98. The summed E-state index contributed by atoms with van der Waals surface area (Å²) in [4.78, 5) is 12.9. The Labute approximate surface area is 201 Å². The molecular formula is C24H20BrF3N4O2. The Morgan fingerprint density at radius 1 is 1.21 bits per heavy atom. The standard InChI is InChI=1S/C24H20BrF3N4O2/c1-24(2,33)22-29-10-12(11-30-22)13-8-18-16(9-15(13)26)31-20-7-6-17(32(18)20)21-14(25)4-3-5-19(21)34-23(27)28/h3-5,8-11,17,23,33H,6-7H2,1-2H3/t17-/m1/s1. The van der Waals surface area contributed by atoms with Crippen LogP contribution in [-0.2, 0) is 12.0 Å². The first kappa shape index (κ1) is 22.8. The van der Waals surface area contributed by atoms with Gasteiger partial charge in [-0.3, -0.25) is 0 Å². The molecule has 0 saturated carbocycles. The van der Waals surface area contributed by atoms with Crippen LogP contribution in [0.4, 0.5) is 13.2 Å². The second kappa shape index (κ2) is 8.35. The molecule has 2 aromatic heterocycles. The lowest BCUT2D eigenvalue weighted by Gasteiger charge is -2.20. The van der Waals surface area contributed by atoms with E-state index in [2.05, 4.69) is 30.9 Å². The normalized spacial score (nSPS) is 15.8. The van der Waals surface area contributed by atoms with E-state index in [1.54, 1.807) is 32.0 Å². The Bertz CT molecular complexity index is 1380.